The molecule has 0 aromatic carbocycles. The van der Waals surface area contributed by atoms with E-state index in [1.807, 2.05) is 4.90 Å². The van der Waals surface area contributed by atoms with Crippen molar-refractivity contribution in [1.29, 1.82) is 5.26 Å². The van der Waals surface area contributed by atoms with Crippen molar-refractivity contribution in [2.45, 2.75) is 65.3 Å². The van der Waals surface area contributed by atoms with Gasteiger partial charge in [-0.15, -0.1) is 0 Å². The van der Waals surface area contributed by atoms with E-state index in [0.29, 0.717) is 11.8 Å². The molecule has 0 aromatic heterocycles. The van der Waals surface area contributed by atoms with Gasteiger partial charge in [0.2, 0.25) is 5.91 Å². The van der Waals surface area contributed by atoms with Crippen LogP contribution in [0.4, 0.5) is 0 Å². The summed E-state index contributed by atoms with van der Waals surface area (Å²) in [6.45, 7) is 7.40. The molecule has 1 aliphatic heterocycles. The first-order valence-corrected chi connectivity index (χ1v) is 7.72. The summed E-state index contributed by atoms with van der Waals surface area (Å²) in [5, 5.41) is 9.56. The lowest BCUT2D eigenvalue weighted by atomic mass is 9.73. The van der Waals surface area contributed by atoms with Gasteiger partial charge in [0, 0.05) is 12.6 Å². The highest BCUT2D eigenvalue weighted by molar-refractivity contribution is 5.86. The molecule has 0 radical (unpaired) electrons. The predicted octanol–water partition coefficient (Wildman–Crippen LogP) is 3.35. The Balaban J connectivity index is 2.19. The van der Waals surface area contributed by atoms with E-state index < -0.39 is 5.41 Å². The third-order valence-corrected chi connectivity index (χ3v) is 5.19. The van der Waals surface area contributed by atoms with Crippen molar-refractivity contribution in [3.8, 4) is 6.07 Å². The fourth-order valence-corrected chi connectivity index (χ4v) is 3.79. The minimum atomic E-state index is -0.719. The molecule has 3 atom stereocenters. The van der Waals surface area contributed by atoms with Crippen LogP contribution >= 0.6 is 0 Å². The van der Waals surface area contributed by atoms with E-state index in [1.54, 1.807) is 0 Å². The van der Waals surface area contributed by atoms with Gasteiger partial charge >= 0.3 is 0 Å². The summed E-state index contributed by atoms with van der Waals surface area (Å²) in [6, 6.07) is 2.65. The summed E-state index contributed by atoms with van der Waals surface area (Å²) in [5.74, 6) is 1.20. The highest BCUT2D eigenvalue weighted by atomic mass is 16.2. The van der Waals surface area contributed by atoms with Gasteiger partial charge in [0.05, 0.1) is 6.07 Å². The van der Waals surface area contributed by atoms with Gasteiger partial charge in [0.1, 0.15) is 5.41 Å². The third-order valence-electron chi connectivity index (χ3n) is 5.19. The lowest BCUT2D eigenvalue weighted by Crippen LogP contribution is -2.54. The van der Waals surface area contributed by atoms with Crippen LogP contribution in [-0.2, 0) is 4.79 Å². The minimum absolute atomic E-state index is 0.112. The molecule has 19 heavy (non-hydrogen) atoms. The normalized spacial score (nSPS) is 34.6. The van der Waals surface area contributed by atoms with Crippen LogP contribution in [0.3, 0.4) is 0 Å². The van der Waals surface area contributed by atoms with Crippen LogP contribution < -0.4 is 0 Å². The molecule has 2 rings (SSSR count). The Morgan fingerprint density at radius 1 is 1.21 bits per heavy atom. The number of piperidine rings is 1. The monoisotopic (exact) mass is 262 g/mol. The number of nitrogens with zero attached hydrogens (tertiary/aromatic N) is 2. The van der Waals surface area contributed by atoms with Gasteiger partial charge in [-0.3, -0.25) is 4.79 Å². The standard InChI is InChI=1S/C16H26N2O/c1-12-9-13(2)14(3)18(10-12)15(19)16(11-17)7-5-4-6-8-16/h12-14H,4-10H2,1-3H3. The summed E-state index contributed by atoms with van der Waals surface area (Å²) in [5.41, 5.74) is -0.719. The lowest BCUT2D eigenvalue weighted by Gasteiger charge is -2.45. The first-order valence-electron chi connectivity index (χ1n) is 7.72. The predicted molar refractivity (Wildman–Crippen MR) is 75.3 cm³/mol. The van der Waals surface area contributed by atoms with Gasteiger partial charge in [-0.1, -0.05) is 33.1 Å². The quantitative estimate of drug-likeness (QED) is 0.727. The maximum Gasteiger partial charge on any atom is 0.243 e. The fourth-order valence-electron chi connectivity index (χ4n) is 3.79. The van der Waals surface area contributed by atoms with E-state index in [-0.39, 0.29) is 11.9 Å². The maximum atomic E-state index is 12.9. The summed E-state index contributed by atoms with van der Waals surface area (Å²) < 4.78 is 0. The zero-order valence-electron chi connectivity index (χ0n) is 12.5. The van der Waals surface area contributed by atoms with E-state index in [4.69, 9.17) is 0 Å². The molecule has 1 heterocycles. The molecule has 3 nitrogen and oxygen atoms in total. The molecular weight excluding hydrogens is 236 g/mol. The Morgan fingerprint density at radius 2 is 1.84 bits per heavy atom. The van der Waals surface area contributed by atoms with Crippen molar-refractivity contribution in [2.24, 2.45) is 17.3 Å². The highest BCUT2D eigenvalue weighted by Crippen LogP contribution is 2.39. The van der Waals surface area contributed by atoms with E-state index in [0.717, 1.165) is 32.2 Å². The number of carbonyl (C=O) groups is 1. The molecule has 106 valence electrons. The number of carbonyl (C=O) groups excluding carboxylic acids is 1. The molecular formula is C16H26N2O. The Bertz CT molecular complexity index is 379. The fraction of sp³-hybridized carbons (Fsp3) is 0.875. The van der Waals surface area contributed by atoms with E-state index in [1.165, 1.54) is 12.8 Å². The Hall–Kier alpha value is -1.04. The smallest absolute Gasteiger partial charge is 0.243 e. The molecule has 1 aliphatic carbocycles. The molecule has 0 aromatic rings. The average molecular weight is 262 g/mol. The zero-order chi connectivity index (χ0) is 14.0. The van der Waals surface area contributed by atoms with Crippen LogP contribution in [-0.4, -0.2) is 23.4 Å². The third kappa shape index (κ3) is 2.63. The van der Waals surface area contributed by atoms with Crippen LogP contribution in [0.25, 0.3) is 0 Å². The van der Waals surface area contributed by atoms with Crippen LogP contribution in [0.15, 0.2) is 0 Å². The Kier molecular flexibility index (Phi) is 4.18. The first-order chi connectivity index (χ1) is 9.00. The van der Waals surface area contributed by atoms with Gasteiger partial charge in [0.25, 0.3) is 0 Å². The molecule has 0 N–H and O–H groups in total. The summed E-state index contributed by atoms with van der Waals surface area (Å²) in [6.07, 6.45) is 5.91. The van der Waals surface area contributed by atoms with Gasteiger partial charge < -0.3 is 4.90 Å². The van der Waals surface area contributed by atoms with Crippen LogP contribution in [0, 0.1) is 28.6 Å². The summed E-state index contributed by atoms with van der Waals surface area (Å²) in [4.78, 5) is 14.9. The first kappa shape index (κ1) is 14.4. The van der Waals surface area contributed by atoms with Crippen molar-refractivity contribution in [1.82, 2.24) is 4.90 Å². The number of amides is 1. The molecule has 1 saturated carbocycles. The Morgan fingerprint density at radius 3 is 2.42 bits per heavy atom. The second-order valence-electron chi connectivity index (χ2n) is 6.77. The number of hydrogen-bond acceptors (Lipinski definition) is 2. The second kappa shape index (κ2) is 5.53. The summed E-state index contributed by atoms with van der Waals surface area (Å²) >= 11 is 0. The minimum Gasteiger partial charge on any atom is -0.338 e. The molecule has 1 saturated heterocycles. The van der Waals surface area contributed by atoms with E-state index >= 15 is 0 Å². The SMILES string of the molecule is CC1CC(C)C(C)N(C(=O)C2(C#N)CCCCC2)C1. The lowest BCUT2D eigenvalue weighted by molar-refractivity contribution is -0.146. The van der Waals surface area contributed by atoms with E-state index in [9.17, 15) is 10.1 Å². The van der Waals surface area contributed by atoms with Crippen LogP contribution in [0.5, 0.6) is 0 Å². The van der Waals surface area contributed by atoms with Crippen molar-refractivity contribution >= 4 is 5.91 Å². The number of rotatable bonds is 1. The van der Waals surface area contributed by atoms with Crippen molar-refractivity contribution in [3.63, 3.8) is 0 Å². The van der Waals surface area contributed by atoms with Gasteiger partial charge in [-0.05, 0) is 38.0 Å². The Labute approximate surface area is 117 Å². The van der Waals surface area contributed by atoms with Gasteiger partial charge in [-0.2, -0.15) is 5.26 Å². The average Bonchev–Trinajstić information content (AvgIpc) is 2.42. The second-order valence-corrected chi connectivity index (χ2v) is 6.77. The molecule has 2 fully saturated rings. The molecule has 2 aliphatic rings. The number of likely N-dealkylation sites (tertiary alicyclic amines) is 1. The van der Waals surface area contributed by atoms with Crippen LogP contribution in [0.2, 0.25) is 0 Å². The maximum absolute atomic E-state index is 12.9. The number of hydrogen-bond donors (Lipinski definition) is 0. The van der Waals surface area contributed by atoms with Crippen molar-refractivity contribution in [3.05, 3.63) is 0 Å². The highest BCUT2D eigenvalue weighted by Gasteiger charge is 2.45. The molecule has 0 bridgehead atoms. The molecule has 3 unspecified atom stereocenters. The van der Waals surface area contributed by atoms with E-state index in [2.05, 4.69) is 26.8 Å². The van der Waals surface area contributed by atoms with Gasteiger partial charge in [0.15, 0.2) is 0 Å². The molecule has 0 spiro atoms. The van der Waals surface area contributed by atoms with Crippen molar-refractivity contribution in [2.75, 3.05) is 6.54 Å². The summed E-state index contributed by atoms with van der Waals surface area (Å²) in [7, 11) is 0. The molecule has 3 heteroatoms. The molecule has 1 amide bonds. The zero-order valence-corrected chi connectivity index (χ0v) is 12.5. The topological polar surface area (TPSA) is 44.1 Å². The van der Waals surface area contributed by atoms with Crippen LogP contribution in [0.1, 0.15) is 59.3 Å². The van der Waals surface area contributed by atoms with Gasteiger partial charge in [-0.25, -0.2) is 0 Å². The number of nitriles is 1. The van der Waals surface area contributed by atoms with Crippen molar-refractivity contribution < 1.29 is 4.79 Å². The largest absolute Gasteiger partial charge is 0.338 e.